The molecule has 7 nitrogen and oxygen atoms in total. The summed E-state index contributed by atoms with van der Waals surface area (Å²) in [5.41, 5.74) is 2.86. The van der Waals surface area contributed by atoms with Gasteiger partial charge in [0.1, 0.15) is 11.7 Å². The van der Waals surface area contributed by atoms with Crippen molar-refractivity contribution in [2.45, 2.75) is 12.5 Å². The van der Waals surface area contributed by atoms with Crippen LogP contribution in [0.5, 0.6) is 0 Å². The van der Waals surface area contributed by atoms with Gasteiger partial charge in [0.15, 0.2) is 0 Å². The summed E-state index contributed by atoms with van der Waals surface area (Å²) >= 11 is 0. The fourth-order valence-electron chi connectivity index (χ4n) is 2.85. The Kier molecular flexibility index (Phi) is 3.38. The van der Waals surface area contributed by atoms with Gasteiger partial charge in [-0.2, -0.15) is 0 Å². The molecule has 0 radical (unpaired) electrons. The van der Waals surface area contributed by atoms with Gasteiger partial charge >= 0.3 is 0 Å². The SMILES string of the molecule is O=C1N[C@@H](Cc2c[nH]c3ccccc23)C(=O)N/C1=C\c1cnc[nH]1. The number of aromatic amines is 2. The number of benzene rings is 1. The zero-order chi connectivity index (χ0) is 16.5. The van der Waals surface area contributed by atoms with Crippen LogP contribution in [0.1, 0.15) is 11.3 Å². The first kappa shape index (κ1) is 14.3. The van der Waals surface area contributed by atoms with Crippen LogP contribution in [-0.4, -0.2) is 32.8 Å². The van der Waals surface area contributed by atoms with Crippen LogP contribution in [0.3, 0.4) is 0 Å². The lowest BCUT2D eigenvalue weighted by molar-refractivity contribution is -0.131. The molecular formula is C17H15N5O2. The van der Waals surface area contributed by atoms with Gasteiger partial charge in [0, 0.05) is 23.5 Å². The summed E-state index contributed by atoms with van der Waals surface area (Å²) < 4.78 is 0. The third kappa shape index (κ3) is 2.56. The molecule has 2 amide bonds. The van der Waals surface area contributed by atoms with Crippen LogP contribution in [0, 0.1) is 0 Å². The fourth-order valence-corrected chi connectivity index (χ4v) is 2.85. The summed E-state index contributed by atoms with van der Waals surface area (Å²) in [4.78, 5) is 34.5. The summed E-state index contributed by atoms with van der Waals surface area (Å²) in [5, 5.41) is 6.49. The molecule has 1 aliphatic rings. The van der Waals surface area contributed by atoms with Crippen LogP contribution in [0.15, 0.2) is 48.7 Å². The van der Waals surface area contributed by atoms with E-state index in [0.717, 1.165) is 16.5 Å². The predicted octanol–water partition coefficient (Wildman–Crippen LogP) is 1.09. The molecule has 1 fully saturated rings. The molecule has 2 aromatic heterocycles. The molecule has 120 valence electrons. The van der Waals surface area contributed by atoms with Crippen LogP contribution < -0.4 is 10.6 Å². The molecule has 1 aromatic carbocycles. The van der Waals surface area contributed by atoms with Crippen molar-refractivity contribution in [3.05, 3.63) is 59.9 Å². The topological polar surface area (TPSA) is 103 Å². The number of aromatic nitrogens is 3. The van der Waals surface area contributed by atoms with E-state index < -0.39 is 6.04 Å². The first-order valence-electron chi connectivity index (χ1n) is 7.57. The van der Waals surface area contributed by atoms with Gasteiger partial charge < -0.3 is 20.6 Å². The maximum atomic E-state index is 12.3. The van der Waals surface area contributed by atoms with Crippen molar-refractivity contribution in [3.8, 4) is 0 Å². The lowest BCUT2D eigenvalue weighted by Crippen LogP contribution is -2.55. The van der Waals surface area contributed by atoms with E-state index in [1.807, 2.05) is 30.5 Å². The van der Waals surface area contributed by atoms with Crippen LogP contribution in [-0.2, 0) is 16.0 Å². The molecule has 7 heteroatoms. The monoisotopic (exact) mass is 321 g/mol. The number of amides is 2. The fraction of sp³-hybridized carbons (Fsp3) is 0.118. The molecule has 0 spiro atoms. The van der Waals surface area contributed by atoms with E-state index in [4.69, 9.17) is 0 Å². The average Bonchev–Trinajstić information content (AvgIpc) is 3.22. The standard InChI is InChI=1S/C17H15N5O2/c23-16-14(5-10-7-19-13-4-2-1-3-12(10)13)21-17(24)15(22-16)6-11-8-18-9-20-11/h1-4,6-9,14,19H,5H2,(H,18,20)(H,21,24)(H,22,23)/b15-6-/t14-/m0/s1. The van der Waals surface area contributed by atoms with Crippen molar-refractivity contribution >= 4 is 28.8 Å². The van der Waals surface area contributed by atoms with Crippen molar-refractivity contribution in [2.24, 2.45) is 0 Å². The summed E-state index contributed by atoms with van der Waals surface area (Å²) in [6.07, 6.45) is 6.94. The zero-order valence-electron chi connectivity index (χ0n) is 12.7. The van der Waals surface area contributed by atoms with E-state index in [1.54, 1.807) is 12.3 Å². The third-order valence-electron chi connectivity index (χ3n) is 4.04. The summed E-state index contributed by atoms with van der Waals surface area (Å²) in [5.74, 6) is -0.542. The van der Waals surface area contributed by atoms with Gasteiger partial charge in [0.2, 0.25) is 5.91 Å². The van der Waals surface area contributed by atoms with Gasteiger partial charge in [-0.25, -0.2) is 4.98 Å². The van der Waals surface area contributed by atoms with Crippen LogP contribution in [0.4, 0.5) is 0 Å². The second-order valence-electron chi connectivity index (χ2n) is 5.64. The minimum Gasteiger partial charge on any atom is -0.361 e. The second kappa shape index (κ2) is 5.69. The quantitative estimate of drug-likeness (QED) is 0.543. The van der Waals surface area contributed by atoms with Gasteiger partial charge in [-0.05, 0) is 17.7 Å². The van der Waals surface area contributed by atoms with Gasteiger partial charge in [-0.1, -0.05) is 18.2 Å². The zero-order valence-corrected chi connectivity index (χ0v) is 12.7. The highest BCUT2D eigenvalue weighted by atomic mass is 16.2. The predicted molar refractivity (Wildman–Crippen MR) is 88.6 cm³/mol. The Labute approximate surface area is 137 Å². The number of nitrogens with one attached hydrogen (secondary N) is 4. The molecule has 1 saturated heterocycles. The van der Waals surface area contributed by atoms with E-state index in [1.165, 1.54) is 6.33 Å². The lowest BCUT2D eigenvalue weighted by Gasteiger charge is -2.24. The van der Waals surface area contributed by atoms with Crippen molar-refractivity contribution in [1.82, 2.24) is 25.6 Å². The molecule has 0 saturated carbocycles. The minimum absolute atomic E-state index is 0.208. The number of piperazine rings is 1. The maximum absolute atomic E-state index is 12.3. The van der Waals surface area contributed by atoms with Crippen LogP contribution in [0.2, 0.25) is 0 Å². The number of hydrogen-bond donors (Lipinski definition) is 4. The van der Waals surface area contributed by atoms with Gasteiger partial charge in [0.05, 0.1) is 18.2 Å². The van der Waals surface area contributed by atoms with Crippen LogP contribution >= 0.6 is 0 Å². The number of imidazole rings is 1. The number of carbonyl (C=O) groups excluding carboxylic acids is 2. The van der Waals surface area contributed by atoms with E-state index in [-0.39, 0.29) is 17.5 Å². The number of nitrogens with zero attached hydrogens (tertiary/aromatic N) is 1. The van der Waals surface area contributed by atoms with Gasteiger partial charge in [-0.15, -0.1) is 0 Å². The molecule has 0 bridgehead atoms. The number of carbonyl (C=O) groups is 2. The molecule has 0 unspecified atom stereocenters. The smallest absolute Gasteiger partial charge is 0.268 e. The van der Waals surface area contributed by atoms with E-state index in [9.17, 15) is 9.59 Å². The average molecular weight is 321 g/mol. The van der Waals surface area contributed by atoms with Crippen molar-refractivity contribution in [2.75, 3.05) is 0 Å². The van der Waals surface area contributed by atoms with Gasteiger partial charge in [0.25, 0.3) is 5.91 Å². The number of H-pyrrole nitrogens is 2. The first-order chi connectivity index (χ1) is 11.7. The van der Waals surface area contributed by atoms with Crippen molar-refractivity contribution in [3.63, 3.8) is 0 Å². The molecule has 4 rings (SSSR count). The molecule has 3 aromatic rings. The lowest BCUT2D eigenvalue weighted by atomic mass is 10.0. The Bertz CT molecular complexity index is 939. The van der Waals surface area contributed by atoms with Crippen LogP contribution in [0.25, 0.3) is 17.0 Å². The summed E-state index contributed by atoms with van der Waals surface area (Å²) in [7, 11) is 0. The Balaban J connectivity index is 1.54. The number of fused-ring (bicyclic) bond motifs is 1. The van der Waals surface area contributed by atoms with Crippen molar-refractivity contribution < 1.29 is 9.59 Å². The molecule has 1 atom stereocenters. The Morgan fingerprint density at radius 1 is 1.17 bits per heavy atom. The third-order valence-corrected chi connectivity index (χ3v) is 4.04. The highest BCUT2D eigenvalue weighted by Gasteiger charge is 2.30. The number of rotatable bonds is 3. The molecule has 0 aliphatic carbocycles. The highest BCUT2D eigenvalue weighted by Crippen LogP contribution is 2.20. The van der Waals surface area contributed by atoms with E-state index in [0.29, 0.717) is 12.1 Å². The van der Waals surface area contributed by atoms with E-state index >= 15 is 0 Å². The summed E-state index contributed by atoms with van der Waals surface area (Å²) in [6.45, 7) is 0. The van der Waals surface area contributed by atoms with Gasteiger partial charge in [-0.3, -0.25) is 9.59 Å². The number of hydrogen-bond acceptors (Lipinski definition) is 3. The second-order valence-corrected chi connectivity index (χ2v) is 5.64. The Morgan fingerprint density at radius 3 is 2.88 bits per heavy atom. The molecule has 3 heterocycles. The molecule has 4 N–H and O–H groups in total. The normalized spacial score (nSPS) is 19.5. The molecule has 1 aliphatic heterocycles. The summed E-state index contributed by atoms with van der Waals surface area (Å²) in [6, 6.07) is 7.27. The maximum Gasteiger partial charge on any atom is 0.268 e. The molecular weight excluding hydrogens is 306 g/mol. The number of para-hydroxylation sites is 1. The highest BCUT2D eigenvalue weighted by molar-refractivity contribution is 6.07. The Morgan fingerprint density at radius 2 is 2.04 bits per heavy atom. The Hall–Kier alpha value is -3.35. The minimum atomic E-state index is -0.601. The van der Waals surface area contributed by atoms with E-state index in [2.05, 4.69) is 25.6 Å². The molecule has 24 heavy (non-hydrogen) atoms. The largest absolute Gasteiger partial charge is 0.361 e. The van der Waals surface area contributed by atoms with Crippen molar-refractivity contribution in [1.29, 1.82) is 0 Å². The first-order valence-corrected chi connectivity index (χ1v) is 7.57.